The first-order chi connectivity index (χ1) is 9.13. The SMILES string of the molecule is COCCC(NC(=O)C1Cc2ccccc21)C(=O)O. The number of carbonyl (C=O) groups excluding carboxylic acids is 1. The molecule has 0 fully saturated rings. The van der Waals surface area contributed by atoms with Crippen molar-refractivity contribution >= 4 is 11.9 Å². The van der Waals surface area contributed by atoms with E-state index in [1.807, 2.05) is 24.3 Å². The van der Waals surface area contributed by atoms with Crippen molar-refractivity contribution in [3.63, 3.8) is 0 Å². The second-order valence-electron chi connectivity index (χ2n) is 4.64. The Hall–Kier alpha value is -1.88. The molecule has 0 bridgehead atoms. The first-order valence-corrected chi connectivity index (χ1v) is 6.23. The maximum absolute atomic E-state index is 12.1. The van der Waals surface area contributed by atoms with Crippen molar-refractivity contribution < 1.29 is 19.4 Å². The summed E-state index contributed by atoms with van der Waals surface area (Å²) >= 11 is 0. The highest BCUT2D eigenvalue weighted by atomic mass is 16.5. The van der Waals surface area contributed by atoms with E-state index >= 15 is 0 Å². The minimum atomic E-state index is -1.03. The number of carboxylic acids is 1. The van der Waals surface area contributed by atoms with Crippen molar-refractivity contribution in [2.45, 2.75) is 24.8 Å². The Kier molecular flexibility index (Phi) is 4.16. The number of amides is 1. The first-order valence-electron chi connectivity index (χ1n) is 6.23. The molecule has 2 N–H and O–H groups in total. The summed E-state index contributed by atoms with van der Waals surface area (Å²) in [4.78, 5) is 23.1. The van der Waals surface area contributed by atoms with Gasteiger partial charge in [-0.25, -0.2) is 4.79 Å². The fourth-order valence-electron chi connectivity index (χ4n) is 2.26. The Bertz CT molecular complexity index is 486. The van der Waals surface area contributed by atoms with Crippen molar-refractivity contribution in [2.75, 3.05) is 13.7 Å². The molecule has 0 spiro atoms. The number of ether oxygens (including phenoxy) is 1. The summed E-state index contributed by atoms with van der Waals surface area (Å²) < 4.78 is 4.85. The zero-order valence-electron chi connectivity index (χ0n) is 10.8. The van der Waals surface area contributed by atoms with E-state index in [4.69, 9.17) is 9.84 Å². The van der Waals surface area contributed by atoms with Crippen LogP contribution in [0.15, 0.2) is 24.3 Å². The predicted molar refractivity (Wildman–Crippen MR) is 68.9 cm³/mol. The van der Waals surface area contributed by atoms with Gasteiger partial charge in [-0.2, -0.15) is 0 Å². The summed E-state index contributed by atoms with van der Waals surface area (Å²) in [5, 5.41) is 11.6. The highest BCUT2D eigenvalue weighted by molar-refractivity contribution is 5.90. The van der Waals surface area contributed by atoms with Crippen LogP contribution in [0.3, 0.4) is 0 Å². The summed E-state index contributed by atoms with van der Waals surface area (Å²) in [7, 11) is 1.50. The molecular weight excluding hydrogens is 246 g/mol. The quantitative estimate of drug-likeness (QED) is 0.800. The maximum Gasteiger partial charge on any atom is 0.326 e. The number of aliphatic carboxylic acids is 1. The molecule has 0 saturated heterocycles. The van der Waals surface area contributed by atoms with Gasteiger partial charge in [-0.15, -0.1) is 0 Å². The summed E-state index contributed by atoms with van der Waals surface area (Å²) in [6.45, 7) is 0.304. The average molecular weight is 263 g/mol. The average Bonchev–Trinajstić information content (AvgIpc) is 2.35. The van der Waals surface area contributed by atoms with Gasteiger partial charge >= 0.3 is 5.97 Å². The zero-order chi connectivity index (χ0) is 13.8. The van der Waals surface area contributed by atoms with Gasteiger partial charge in [-0.3, -0.25) is 4.79 Å². The Morgan fingerprint density at radius 1 is 1.47 bits per heavy atom. The molecule has 1 aliphatic carbocycles. The van der Waals surface area contributed by atoms with Gasteiger partial charge in [0.25, 0.3) is 0 Å². The van der Waals surface area contributed by atoms with E-state index in [2.05, 4.69) is 5.32 Å². The summed E-state index contributed by atoms with van der Waals surface area (Å²) in [5.41, 5.74) is 2.15. The van der Waals surface area contributed by atoms with Gasteiger partial charge in [0.2, 0.25) is 5.91 Å². The topological polar surface area (TPSA) is 75.6 Å². The Balaban J connectivity index is 1.96. The third kappa shape index (κ3) is 2.93. The third-order valence-corrected chi connectivity index (χ3v) is 3.40. The molecule has 1 aromatic rings. The van der Waals surface area contributed by atoms with E-state index in [1.165, 1.54) is 7.11 Å². The van der Waals surface area contributed by atoms with Crippen LogP contribution in [-0.4, -0.2) is 36.7 Å². The molecule has 0 saturated carbocycles. The van der Waals surface area contributed by atoms with Gasteiger partial charge in [0.1, 0.15) is 6.04 Å². The van der Waals surface area contributed by atoms with Crippen molar-refractivity contribution in [3.8, 4) is 0 Å². The summed E-state index contributed by atoms with van der Waals surface area (Å²) in [5.74, 6) is -1.47. The fourth-order valence-corrected chi connectivity index (χ4v) is 2.26. The smallest absolute Gasteiger partial charge is 0.326 e. The minimum Gasteiger partial charge on any atom is -0.480 e. The molecule has 0 heterocycles. The molecule has 1 aromatic carbocycles. The number of rotatable bonds is 6. The number of hydrogen-bond acceptors (Lipinski definition) is 3. The largest absolute Gasteiger partial charge is 0.480 e. The number of carboxylic acid groups (broad SMARTS) is 1. The van der Waals surface area contributed by atoms with E-state index in [9.17, 15) is 9.59 Å². The number of hydrogen-bond donors (Lipinski definition) is 2. The van der Waals surface area contributed by atoms with Crippen LogP contribution in [0.25, 0.3) is 0 Å². The van der Waals surface area contributed by atoms with E-state index in [0.29, 0.717) is 13.0 Å². The number of carbonyl (C=O) groups is 2. The van der Waals surface area contributed by atoms with Crippen LogP contribution in [0.5, 0.6) is 0 Å². The number of benzene rings is 1. The van der Waals surface area contributed by atoms with Gasteiger partial charge in [0.15, 0.2) is 0 Å². The molecule has 5 heteroatoms. The number of nitrogens with one attached hydrogen (secondary N) is 1. The monoisotopic (exact) mass is 263 g/mol. The molecule has 0 aliphatic heterocycles. The zero-order valence-corrected chi connectivity index (χ0v) is 10.8. The van der Waals surface area contributed by atoms with Crippen LogP contribution < -0.4 is 5.32 Å². The molecule has 102 valence electrons. The van der Waals surface area contributed by atoms with Crippen molar-refractivity contribution in [1.29, 1.82) is 0 Å². The van der Waals surface area contributed by atoms with Gasteiger partial charge in [-0.05, 0) is 17.5 Å². The molecule has 2 atom stereocenters. The van der Waals surface area contributed by atoms with Gasteiger partial charge in [0, 0.05) is 20.1 Å². The van der Waals surface area contributed by atoms with E-state index in [1.54, 1.807) is 0 Å². The molecule has 0 aromatic heterocycles. The highest BCUT2D eigenvalue weighted by Crippen LogP contribution is 2.34. The fraction of sp³-hybridized carbons (Fsp3) is 0.429. The molecule has 2 unspecified atom stereocenters. The van der Waals surface area contributed by atoms with Crippen LogP contribution in [0.4, 0.5) is 0 Å². The normalized spacial score (nSPS) is 18.1. The lowest BCUT2D eigenvalue weighted by molar-refractivity contribution is -0.142. The highest BCUT2D eigenvalue weighted by Gasteiger charge is 2.33. The lowest BCUT2D eigenvalue weighted by Crippen LogP contribution is -2.45. The van der Waals surface area contributed by atoms with Gasteiger partial charge in [-0.1, -0.05) is 24.3 Å². The first kappa shape index (κ1) is 13.5. The lowest BCUT2D eigenvalue weighted by atomic mass is 9.77. The Labute approximate surface area is 111 Å². The number of fused-ring (bicyclic) bond motifs is 1. The van der Waals surface area contributed by atoms with Crippen LogP contribution in [0, 0.1) is 0 Å². The van der Waals surface area contributed by atoms with E-state index in [-0.39, 0.29) is 18.2 Å². The standard InChI is InChI=1S/C14H17NO4/c1-19-7-6-12(14(17)18)15-13(16)11-8-9-4-2-3-5-10(9)11/h2-5,11-12H,6-8H2,1H3,(H,15,16)(H,17,18). The minimum absolute atomic E-state index is 0.220. The van der Waals surface area contributed by atoms with Crippen LogP contribution in [-0.2, 0) is 20.7 Å². The Morgan fingerprint density at radius 3 is 2.84 bits per heavy atom. The van der Waals surface area contributed by atoms with Crippen molar-refractivity contribution in [2.24, 2.45) is 0 Å². The molecule has 1 amide bonds. The molecule has 1 aliphatic rings. The van der Waals surface area contributed by atoms with Crippen LogP contribution in [0.2, 0.25) is 0 Å². The summed E-state index contributed by atoms with van der Waals surface area (Å²) in [6, 6.07) is 6.83. The molecule has 0 radical (unpaired) electrons. The third-order valence-electron chi connectivity index (χ3n) is 3.40. The second-order valence-corrected chi connectivity index (χ2v) is 4.64. The molecule has 2 rings (SSSR count). The maximum atomic E-state index is 12.1. The van der Waals surface area contributed by atoms with Crippen molar-refractivity contribution in [3.05, 3.63) is 35.4 Å². The molecular formula is C14H17NO4. The van der Waals surface area contributed by atoms with E-state index < -0.39 is 12.0 Å². The lowest BCUT2D eigenvalue weighted by Gasteiger charge is -2.30. The molecule has 19 heavy (non-hydrogen) atoms. The van der Waals surface area contributed by atoms with E-state index in [0.717, 1.165) is 11.1 Å². The Morgan fingerprint density at radius 2 is 2.21 bits per heavy atom. The van der Waals surface area contributed by atoms with Gasteiger partial charge in [0.05, 0.1) is 5.92 Å². The van der Waals surface area contributed by atoms with Crippen molar-refractivity contribution in [1.82, 2.24) is 5.32 Å². The van der Waals surface area contributed by atoms with Gasteiger partial charge < -0.3 is 15.2 Å². The van der Waals surface area contributed by atoms with Crippen LogP contribution in [0.1, 0.15) is 23.5 Å². The second kappa shape index (κ2) is 5.84. The summed E-state index contributed by atoms with van der Waals surface area (Å²) in [6.07, 6.45) is 0.949. The number of methoxy groups -OCH3 is 1. The predicted octanol–water partition coefficient (Wildman–Crippen LogP) is 0.932. The van der Waals surface area contributed by atoms with Crippen LogP contribution >= 0.6 is 0 Å². The molecule has 5 nitrogen and oxygen atoms in total.